The van der Waals surface area contributed by atoms with E-state index in [2.05, 4.69) is 15.9 Å². The second kappa shape index (κ2) is 6.18. The predicted molar refractivity (Wildman–Crippen MR) is 79.9 cm³/mol. The normalized spacial score (nSPS) is 10.4. The molecule has 2 aromatic carbocycles. The molecule has 0 atom stereocenters. The van der Waals surface area contributed by atoms with Gasteiger partial charge in [0.15, 0.2) is 5.78 Å². The Morgan fingerprint density at radius 3 is 2.65 bits per heavy atom. The van der Waals surface area contributed by atoms with Crippen LogP contribution in [-0.4, -0.2) is 12.9 Å². The average molecular weight is 337 g/mol. The molecule has 104 valence electrons. The van der Waals surface area contributed by atoms with Crippen molar-refractivity contribution in [1.29, 1.82) is 0 Å². The zero-order chi connectivity index (χ0) is 14.7. The van der Waals surface area contributed by atoms with E-state index in [0.717, 1.165) is 5.56 Å². The summed E-state index contributed by atoms with van der Waals surface area (Å²) in [6.07, 6.45) is 0.135. The Kier molecular flexibility index (Phi) is 4.55. The van der Waals surface area contributed by atoms with E-state index in [-0.39, 0.29) is 18.0 Å². The average Bonchev–Trinajstić information content (AvgIpc) is 2.37. The van der Waals surface area contributed by atoms with Gasteiger partial charge in [0.05, 0.1) is 12.7 Å². The molecule has 0 N–H and O–H groups in total. The van der Waals surface area contributed by atoms with Gasteiger partial charge in [-0.1, -0.05) is 22.0 Å². The third-order valence-electron chi connectivity index (χ3n) is 2.94. The largest absolute Gasteiger partial charge is 0.496 e. The van der Waals surface area contributed by atoms with Gasteiger partial charge in [0.1, 0.15) is 11.6 Å². The number of carbonyl (C=O) groups is 1. The van der Waals surface area contributed by atoms with Gasteiger partial charge in [0.25, 0.3) is 0 Å². The molecule has 0 aromatic heterocycles. The van der Waals surface area contributed by atoms with Crippen LogP contribution < -0.4 is 4.74 Å². The molecule has 0 fully saturated rings. The molecule has 0 aliphatic rings. The molecule has 2 aromatic rings. The summed E-state index contributed by atoms with van der Waals surface area (Å²) >= 11 is 3.22. The highest BCUT2D eigenvalue weighted by atomic mass is 79.9. The fourth-order valence-electron chi connectivity index (χ4n) is 2.02. The van der Waals surface area contributed by atoms with Gasteiger partial charge in [-0.3, -0.25) is 4.79 Å². The van der Waals surface area contributed by atoms with E-state index in [4.69, 9.17) is 4.74 Å². The first-order chi connectivity index (χ1) is 9.49. The number of ketones is 1. The van der Waals surface area contributed by atoms with Crippen LogP contribution in [0.1, 0.15) is 21.5 Å². The maximum Gasteiger partial charge on any atom is 0.170 e. The molecular weight excluding hydrogens is 323 g/mol. The topological polar surface area (TPSA) is 26.3 Å². The van der Waals surface area contributed by atoms with Gasteiger partial charge in [-0.2, -0.15) is 0 Å². The van der Waals surface area contributed by atoms with Gasteiger partial charge < -0.3 is 4.74 Å². The summed E-state index contributed by atoms with van der Waals surface area (Å²) in [5.41, 5.74) is 2.16. The Morgan fingerprint density at radius 1 is 1.25 bits per heavy atom. The summed E-state index contributed by atoms with van der Waals surface area (Å²) in [7, 11) is 1.53. The molecule has 0 saturated carbocycles. The number of carbonyl (C=O) groups excluding carboxylic acids is 1. The van der Waals surface area contributed by atoms with Crippen LogP contribution >= 0.6 is 15.9 Å². The van der Waals surface area contributed by atoms with Crippen LogP contribution in [0.4, 0.5) is 4.39 Å². The number of hydrogen-bond donors (Lipinski definition) is 0. The number of ether oxygens (including phenoxy) is 1. The second-order valence-corrected chi connectivity index (χ2v) is 5.50. The van der Waals surface area contributed by atoms with Crippen LogP contribution in [0.25, 0.3) is 0 Å². The third-order valence-corrected chi connectivity index (χ3v) is 3.40. The highest BCUT2D eigenvalue weighted by Gasteiger charge is 2.13. The van der Waals surface area contributed by atoms with Crippen LogP contribution in [0.2, 0.25) is 0 Å². The van der Waals surface area contributed by atoms with Crippen molar-refractivity contribution in [3.8, 4) is 5.75 Å². The third kappa shape index (κ3) is 3.45. The monoisotopic (exact) mass is 336 g/mol. The van der Waals surface area contributed by atoms with Gasteiger partial charge in [-0.15, -0.1) is 0 Å². The predicted octanol–water partition coefficient (Wildman–Crippen LogP) is 4.33. The molecule has 2 rings (SSSR count). The fourth-order valence-corrected chi connectivity index (χ4v) is 2.54. The summed E-state index contributed by atoms with van der Waals surface area (Å²) in [5.74, 6) is 0.0860. The molecule has 20 heavy (non-hydrogen) atoms. The highest BCUT2D eigenvalue weighted by molar-refractivity contribution is 9.10. The maximum atomic E-state index is 13.3. The van der Waals surface area contributed by atoms with Gasteiger partial charge in [0.2, 0.25) is 0 Å². The molecule has 0 saturated heterocycles. The summed E-state index contributed by atoms with van der Waals surface area (Å²) in [5, 5.41) is 0. The van der Waals surface area contributed by atoms with Crippen molar-refractivity contribution in [2.75, 3.05) is 7.11 Å². The Hall–Kier alpha value is -1.68. The lowest BCUT2D eigenvalue weighted by atomic mass is 10.0. The molecule has 0 radical (unpaired) electrons. The van der Waals surface area contributed by atoms with Crippen molar-refractivity contribution in [3.05, 3.63) is 63.4 Å². The number of hydrogen-bond acceptors (Lipinski definition) is 2. The first-order valence-electron chi connectivity index (χ1n) is 6.12. The minimum absolute atomic E-state index is 0.0978. The van der Waals surface area contributed by atoms with Crippen molar-refractivity contribution >= 4 is 21.7 Å². The molecule has 0 spiro atoms. The van der Waals surface area contributed by atoms with Crippen molar-refractivity contribution < 1.29 is 13.9 Å². The van der Waals surface area contributed by atoms with Crippen molar-refractivity contribution in [2.45, 2.75) is 13.3 Å². The smallest absolute Gasteiger partial charge is 0.170 e. The first kappa shape index (κ1) is 14.7. The van der Waals surface area contributed by atoms with Crippen LogP contribution in [0, 0.1) is 12.7 Å². The lowest BCUT2D eigenvalue weighted by Crippen LogP contribution is -2.06. The summed E-state index contributed by atoms with van der Waals surface area (Å²) in [6.45, 7) is 1.93. The van der Waals surface area contributed by atoms with Crippen molar-refractivity contribution in [2.24, 2.45) is 0 Å². The van der Waals surface area contributed by atoms with Gasteiger partial charge in [-0.05, 0) is 48.4 Å². The number of benzene rings is 2. The quantitative estimate of drug-likeness (QED) is 0.776. The van der Waals surface area contributed by atoms with E-state index >= 15 is 0 Å². The summed E-state index contributed by atoms with van der Waals surface area (Å²) in [4.78, 5) is 12.3. The Morgan fingerprint density at radius 2 is 2.00 bits per heavy atom. The van der Waals surface area contributed by atoms with E-state index in [1.807, 2.05) is 19.1 Å². The van der Waals surface area contributed by atoms with Crippen molar-refractivity contribution in [3.63, 3.8) is 0 Å². The minimum Gasteiger partial charge on any atom is -0.496 e. The molecule has 0 bridgehead atoms. The van der Waals surface area contributed by atoms with E-state index < -0.39 is 0 Å². The van der Waals surface area contributed by atoms with E-state index in [0.29, 0.717) is 21.3 Å². The first-order valence-corrected chi connectivity index (χ1v) is 6.91. The summed E-state index contributed by atoms with van der Waals surface area (Å²) in [6, 6.07) is 9.88. The lowest BCUT2D eigenvalue weighted by molar-refractivity contribution is 0.0990. The van der Waals surface area contributed by atoms with Gasteiger partial charge >= 0.3 is 0 Å². The molecule has 0 amide bonds. The number of Topliss-reactive ketones (excluding diaryl/α,β-unsaturated/α-hetero) is 1. The maximum absolute atomic E-state index is 13.3. The Bertz CT molecular complexity index is 633. The number of rotatable bonds is 4. The minimum atomic E-state index is -0.363. The van der Waals surface area contributed by atoms with Crippen LogP contribution in [0.5, 0.6) is 5.75 Å². The van der Waals surface area contributed by atoms with Gasteiger partial charge in [0, 0.05) is 10.9 Å². The molecule has 0 aliphatic carbocycles. The Labute approximate surface area is 125 Å². The molecule has 0 heterocycles. The number of methoxy groups -OCH3 is 1. The highest BCUT2D eigenvalue weighted by Crippen LogP contribution is 2.23. The number of aryl methyl sites for hydroxylation is 1. The number of halogens is 2. The molecule has 4 heteroatoms. The molecule has 2 nitrogen and oxygen atoms in total. The summed E-state index contributed by atoms with van der Waals surface area (Å²) < 4.78 is 19.2. The lowest BCUT2D eigenvalue weighted by Gasteiger charge is -2.09. The molecular formula is C16H14BrFO2. The van der Waals surface area contributed by atoms with Crippen LogP contribution in [-0.2, 0) is 6.42 Å². The Balaban J connectivity index is 2.28. The second-order valence-electron chi connectivity index (χ2n) is 4.58. The zero-order valence-electron chi connectivity index (χ0n) is 11.2. The van der Waals surface area contributed by atoms with Crippen molar-refractivity contribution in [1.82, 2.24) is 0 Å². The zero-order valence-corrected chi connectivity index (χ0v) is 12.8. The fraction of sp³-hybridized carbons (Fsp3) is 0.188. The van der Waals surface area contributed by atoms with E-state index in [9.17, 15) is 9.18 Å². The van der Waals surface area contributed by atoms with Gasteiger partial charge in [-0.25, -0.2) is 4.39 Å². The standard InChI is InChI=1S/C16H14BrFO2/c1-10-3-4-14(16(5-10)20-2)15(19)8-11-6-12(17)9-13(18)7-11/h3-7,9H,8H2,1-2H3. The molecule has 0 unspecified atom stereocenters. The van der Waals surface area contributed by atoms with E-state index in [1.54, 1.807) is 12.1 Å². The molecule has 0 aliphatic heterocycles. The van der Waals surface area contributed by atoms with Crippen LogP contribution in [0.3, 0.4) is 0 Å². The van der Waals surface area contributed by atoms with E-state index in [1.165, 1.54) is 19.2 Å². The SMILES string of the molecule is COc1cc(C)ccc1C(=O)Cc1cc(F)cc(Br)c1. The van der Waals surface area contributed by atoms with Crippen LogP contribution in [0.15, 0.2) is 40.9 Å².